The van der Waals surface area contributed by atoms with Crippen molar-refractivity contribution in [1.82, 2.24) is 10.2 Å². The molecule has 90 valence electrons. The van der Waals surface area contributed by atoms with E-state index in [0.717, 1.165) is 39.3 Å². The molecule has 0 bridgehead atoms. The predicted octanol–water partition coefficient (Wildman–Crippen LogP) is 0.0676. The molecule has 1 heterocycles. The molecule has 4 heteroatoms. The molecule has 2 atom stereocenters. The third-order valence-corrected chi connectivity index (χ3v) is 2.93. The van der Waals surface area contributed by atoms with Gasteiger partial charge in [-0.05, 0) is 19.9 Å². The Morgan fingerprint density at radius 2 is 2.40 bits per heavy atom. The van der Waals surface area contributed by atoms with Gasteiger partial charge in [0.2, 0.25) is 0 Å². The summed E-state index contributed by atoms with van der Waals surface area (Å²) in [6.45, 7) is 9.21. The van der Waals surface area contributed by atoms with Crippen molar-refractivity contribution in [2.45, 2.75) is 32.4 Å². The van der Waals surface area contributed by atoms with Crippen LogP contribution in [0.1, 0.15) is 20.3 Å². The number of likely N-dealkylation sites (N-methyl/N-ethyl adjacent to an activating group) is 1. The summed E-state index contributed by atoms with van der Waals surface area (Å²) in [5.74, 6) is 0. The molecule has 0 amide bonds. The summed E-state index contributed by atoms with van der Waals surface area (Å²) in [7, 11) is 0. The lowest BCUT2D eigenvalue weighted by Gasteiger charge is -2.35. The van der Waals surface area contributed by atoms with Gasteiger partial charge in [-0.1, -0.05) is 6.92 Å². The zero-order valence-electron chi connectivity index (χ0n) is 9.91. The maximum absolute atomic E-state index is 8.98. The summed E-state index contributed by atoms with van der Waals surface area (Å²) in [5, 5.41) is 12.4. The molecule has 1 aliphatic heterocycles. The highest BCUT2D eigenvalue weighted by molar-refractivity contribution is 4.77. The largest absolute Gasteiger partial charge is 0.396 e. The Kier molecular flexibility index (Phi) is 6.17. The number of rotatable bonds is 6. The molecule has 1 rings (SSSR count). The summed E-state index contributed by atoms with van der Waals surface area (Å²) in [5.41, 5.74) is 0. The van der Waals surface area contributed by atoms with Crippen molar-refractivity contribution in [2.75, 3.05) is 39.5 Å². The molecule has 0 radical (unpaired) electrons. The van der Waals surface area contributed by atoms with E-state index in [-0.39, 0.29) is 6.61 Å². The van der Waals surface area contributed by atoms with Crippen molar-refractivity contribution < 1.29 is 9.84 Å². The average Bonchev–Trinajstić information content (AvgIpc) is 2.22. The quantitative estimate of drug-likeness (QED) is 0.659. The van der Waals surface area contributed by atoms with Crippen LogP contribution < -0.4 is 5.32 Å². The van der Waals surface area contributed by atoms with Crippen LogP contribution >= 0.6 is 0 Å². The lowest BCUT2D eigenvalue weighted by Crippen LogP contribution is -2.50. The van der Waals surface area contributed by atoms with Gasteiger partial charge in [0.25, 0.3) is 0 Å². The maximum atomic E-state index is 8.98. The number of ether oxygens (including phenoxy) is 1. The van der Waals surface area contributed by atoms with Crippen LogP contribution in [0.3, 0.4) is 0 Å². The molecule has 0 aliphatic carbocycles. The molecule has 1 saturated heterocycles. The lowest BCUT2D eigenvalue weighted by molar-refractivity contribution is -0.00531. The Morgan fingerprint density at radius 1 is 1.60 bits per heavy atom. The van der Waals surface area contributed by atoms with Crippen molar-refractivity contribution in [3.8, 4) is 0 Å². The SMILES string of the molecule is CCNC(CCO)CN1CCOCC1C. The smallest absolute Gasteiger partial charge is 0.0619 e. The van der Waals surface area contributed by atoms with Gasteiger partial charge in [0, 0.05) is 31.8 Å². The van der Waals surface area contributed by atoms with E-state index < -0.39 is 0 Å². The molecule has 1 fully saturated rings. The third-order valence-electron chi connectivity index (χ3n) is 2.93. The Balaban J connectivity index is 2.33. The Hall–Kier alpha value is -0.160. The van der Waals surface area contributed by atoms with Crippen LogP contribution in [0.2, 0.25) is 0 Å². The van der Waals surface area contributed by atoms with Crippen molar-refractivity contribution in [2.24, 2.45) is 0 Å². The van der Waals surface area contributed by atoms with Crippen LogP contribution in [0.15, 0.2) is 0 Å². The Bertz CT molecular complexity index is 161. The van der Waals surface area contributed by atoms with Gasteiger partial charge in [-0.15, -0.1) is 0 Å². The number of aliphatic hydroxyl groups is 1. The summed E-state index contributed by atoms with van der Waals surface area (Å²) in [6.07, 6.45) is 0.831. The van der Waals surface area contributed by atoms with E-state index in [1.165, 1.54) is 0 Å². The monoisotopic (exact) mass is 216 g/mol. The molecule has 4 nitrogen and oxygen atoms in total. The van der Waals surface area contributed by atoms with E-state index in [1.807, 2.05) is 0 Å². The highest BCUT2D eigenvalue weighted by Gasteiger charge is 2.21. The first-order valence-electron chi connectivity index (χ1n) is 5.94. The van der Waals surface area contributed by atoms with Gasteiger partial charge < -0.3 is 15.2 Å². The summed E-state index contributed by atoms with van der Waals surface area (Å²) in [6, 6.07) is 0.902. The highest BCUT2D eigenvalue weighted by atomic mass is 16.5. The van der Waals surface area contributed by atoms with E-state index in [0.29, 0.717) is 12.1 Å². The predicted molar refractivity (Wildman–Crippen MR) is 61.0 cm³/mol. The second-order valence-corrected chi connectivity index (χ2v) is 4.19. The molecular formula is C11H24N2O2. The van der Waals surface area contributed by atoms with Gasteiger partial charge in [-0.3, -0.25) is 4.90 Å². The fraction of sp³-hybridized carbons (Fsp3) is 1.00. The van der Waals surface area contributed by atoms with Gasteiger partial charge in [0.05, 0.1) is 13.2 Å². The van der Waals surface area contributed by atoms with Gasteiger partial charge in [0.1, 0.15) is 0 Å². The van der Waals surface area contributed by atoms with Gasteiger partial charge in [0.15, 0.2) is 0 Å². The summed E-state index contributed by atoms with van der Waals surface area (Å²) in [4.78, 5) is 2.44. The standard InChI is InChI=1S/C11H24N2O2/c1-3-12-11(4-6-14)8-13-5-7-15-9-10(13)2/h10-12,14H,3-9H2,1-2H3. The van der Waals surface area contributed by atoms with E-state index >= 15 is 0 Å². The molecule has 0 saturated carbocycles. The molecule has 15 heavy (non-hydrogen) atoms. The van der Waals surface area contributed by atoms with E-state index in [1.54, 1.807) is 0 Å². The van der Waals surface area contributed by atoms with Crippen LogP contribution in [0, 0.1) is 0 Å². The van der Waals surface area contributed by atoms with Gasteiger partial charge in [-0.25, -0.2) is 0 Å². The van der Waals surface area contributed by atoms with E-state index in [2.05, 4.69) is 24.1 Å². The third kappa shape index (κ3) is 4.47. The molecule has 0 aromatic carbocycles. The topological polar surface area (TPSA) is 44.7 Å². The number of hydrogen-bond donors (Lipinski definition) is 2. The van der Waals surface area contributed by atoms with Crippen LogP contribution in [0.25, 0.3) is 0 Å². The molecule has 2 N–H and O–H groups in total. The number of aliphatic hydroxyl groups excluding tert-OH is 1. The van der Waals surface area contributed by atoms with Crippen molar-refractivity contribution in [1.29, 1.82) is 0 Å². The van der Waals surface area contributed by atoms with Crippen molar-refractivity contribution >= 4 is 0 Å². The minimum Gasteiger partial charge on any atom is -0.396 e. The van der Waals surface area contributed by atoms with Gasteiger partial charge >= 0.3 is 0 Å². The van der Waals surface area contributed by atoms with E-state index in [9.17, 15) is 0 Å². The zero-order chi connectivity index (χ0) is 11.1. The number of hydrogen-bond acceptors (Lipinski definition) is 4. The Labute approximate surface area is 92.6 Å². The summed E-state index contributed by atoms with van der Waals surface area (Å²) < 4.78 is 5.40. The molecule has 0 spiro atoms. The fourth-order valence-electron chi connectivity index (χ4n) is 2.02. The molecule has 0 aromatic heterocycles. The van der Waals surface area contributed by atoms with Gasteiger partial charge in [-0.2, -0.15) is 0 Å². The Morgan fingerprint density at radius 3 is 3.00 bits per heavy atom. The minimum atomic E-state index is 0.260. The van der Waals surface area contributed by atoms with E-state index in [4.69, 9.17) is 9.84 Å². The second kappa shape index (κ2) is 7.17. The maximum Gasteiger partial charge on any atom is 0.0619 e. The molecular weight excluding hydrogens is 192 g/mol. The first-order chi connectivity index (χ1) is 7.27. The average molecular weight is 216 g/mol. The molecule has 0 aromatic rings. The van der Waals surface area contributed by atoms with Crippen LogP contribution in [-0.2, 0) is 4.74 Å². The molecule has 2 unspecified atom stereocenters. The zero-order valence-corrected chi connectivity index (χ0v) is 9.91. The van der Waals surface area contributed by atoms with Crippen LogP contribution in [0.4, 0.5) is 0 Å². The normalized spacial score (nSPS) is 25.4. The summed E-state index contributed by atoms with van der Waals surface area (Å²) >= 11 is 0. The first kappa shape index (κ1) is 12.9. The second-order valence-electron chi connectivity index (χ2n) is 4.19. The van der Waals surface area contributed by atoms with Crippen LogP contribution in [-0.4, -0.2) is 61.5 Å². The molecule has 1 aliphatic rings. The van der Waals surface area contributed by atoms with Crippen molar-refractivity contribution in [3.05, 3.63) is 0 Å². The lowest BCUT2D eigenvalue weighted by atomic mass is 10.1. The van der Waals surface area contributed by atoms with Crippen LogP contribution in [0.5, 0.6) is 0 Å². The first-order valence-corrected chi connectivity index (χ1v) is 5.94. The number of nitrogens with one attached hydrogen (secondary N) is 1. The fourth-order valence-corrected chi connectivity index (χ4v) is 2.02. The number of nitrogens with zero attached hydrogens (tertiary/aromatic N) is 1. The van der Waals surface area contributed by atoms with Crippen molar-refractivity contribution in [3.63, 3.8) is 0 Å². The highest BCUT2D eigenvalue weighted by Crippen LogP contribution is 2.07. The number of morpholine rings is 1. The minimum absolute atomic E-state index is 0.260.